The van der Waals surface area contributed by atoms with Gasteiger partial charge in [-0.05, 0) is 30.7 Å². The van der Waals surface area contributed by atoms with Crippen LogP contribution < -0.4 is 5.32 Å². The van der Waals surface area contributed by atoms with Gasteiger partial charge in [-0.1, -0.05) is 0 Å². The minimum absolute atomic E-state index is 0.0131. The number of nitro groups is 1. The third kappa shape index (κ3) is 3.95. The summed E-state index contributed by atoms with van der Waals surface area (Å²) in [5.74, 6) is -0.357. The van der Waals surface area contributed by atoms with Gasteiger partial charge in [-0.3, -0.25) is 14.9 Å². The first kappa shape index (κ1) is 17.8. The molecule has 0 spiro atoms. The molecule has 2 heterocycles. The van der Waals surface area contributed by atoms with Crippen molar-refractivity contribution in [2.45, 2.75) is 13.0 Å². The zero-order valence-electron chi connectivity index (χ0n) is 13.8. The first-order valence-corrected chi connectivity index (χ1v) is 8.63. The van der Waals surface area contributed by atoms with E-state index in [0.717, 1.165) is 16.3 Å². The van der Waals surface area contributed by atoms with E-state index in [9.17, 15) is 20.0 Å². The van der Waals surface area contributed by atoms with E-state index in [-0.39, 0.29) is 18.1 Å². The van der Waals surface area contributed by atoms with Crippen molar-refractivity contribution in [1.82, 2.24) is 15.3 Å². The van der Waals surface area contributed by atoms with Crippen LogP contribution in [-0.4, -0.2) is 32.4 Å². The molecule has 0 radical (unpaired) electrons. The summed E-state index contributed by atoms with van der Waals surface area (Å²) >= 11 is 1.53. The molecule has 1 aromatic carbocycles. The highest BCUT2D eigenvalue weighted by Crippen LogP contribution is 2.22. The highest BCUT2D eigenvalue weighted by atomic mass is 32.1. The number of nitro benzene ring substituents is 1. The second kappa shape index (κ2) is 7.46. The predicted molar refractivity (Wildman–Crippen MR) is 97.0 cm³/mol. The summed E-state index contributed by atoms with van der Waals surface area (Å²) in [5, 5.41) is 26.3. The monoisotopic (exact) mass is 372 g/mol. The molecule has 0 saturated heterocycles. The van der Waals surface area contributed by atoms with Crippen molar-refractivity contribution in [3.63, 3.8) is 0 Å². The van der Waals surface area contributed by atoms with E-state index in [1.165, 1.54) is 35.6 Å². The Morgan fingerprint density at radius 1 is 1.42 bits per heavy atom. The number of amides is 1. The van der Waals surface area contributed by atoms with Crippen LogP contribution in [0.25, 0.3) is 11.3 Å². The van der Waals surface area contributed by atoms with Gasteiger partial charge in [-0.15, -0.1) is 11.3 Å². The van der Waals surface area contributed by atoms with Crippen molar-refractivity contribution in [2.75, 3.05) is 6.54 Å². The fraction of sp³-hybridized carbons (Fsp3) is 0.176. The number of aliphatic hydroxyl groups is 1. The van der Waals surface area contributed by atoms with E-state index >= 15 is 0 Å². The van der Waals surface area contributed by atoms with Crippen molar-refractivity contribution in [3.05, 3.63) is 68.3 Å². The Kier molecular flexibility index (Phi) is 5.10. The topological polar surface area (TPSA) is 121 Å². The normalized spacial score (nSPS) is 11.9. The first-order valence-electron chi connectivity index (χ1n) is 7.75. The number of non-ortho nitro benzene ring substituents is 1. The van der Waals surface area contributed by atoms with E-state index < -0.39 is 11.0 Å². The molecule has 0 bridgehead atoms. The Morgan fingerprint density at radius 3 is 2.77 bits per heavy atom. The van der Waals surface area contributed by atoms with Crippen LogP contribution in [0.3, 0.4) is 0 Å². The lowest BCUT2D eigenvalue weighted by atomic mass is 10.1. The maximum atomic E-state index is 12.2. The van der Waals surface area contributed by atoms with Gasteiger partial charge < -0.3 is 15.4 Å². The molecule has 9 heteroatoms. The van der Waals surface area contributed by atoms with Gasteiger partial charge in [0.15, 0.2) is 0 Å². The third-order valence-electron chi connectivity index (χ3n) is 3.79. The van der Waals surface area contributed by atoms with Crippen LogP contribution >= 0.6 is 11.3 Å². The highest BCUT2D eigenvalue weighted by molar-refractivity contribution is 7.09. The number of H-pyrrole nitrogens is 1. The standard InChI is InChI=1S/C17H16N4O4S/c1-10-20-15(9-26-10)12-6-14(18-7-12)17(23)19-8-16(22)11-2-4-13(5-3-11)21(24)25/h2-7,9,16,18,22H,8H2,1H3,(H,19,23)/t16-/m0/s1. The van der Waals surface area contributed by atoms with E-state index in [0.29, 0.717) is 11.3 Å². The smallest absolute Gasteiger partial charge is 0.269 e. The third-order valence-corrected chi connectivity index (χ3v) is 4.56. The fourth-order valence-electron chi connectivity index (χ4n) is 2.39. The van der Waals surface area contributed by atoms with Gasteiger partial charge in [0, 0.05) is 35.8 Å². The van der Waals surface area contributed by atoms with Crippen molar-refractivity contribution < 1.29 is 14.8 Å². The molecule has 1 amide bonds. The molecule has 0 fully saturated rings. The number of benzene rings is 1. The van der Waals surface area contributed by atoms with Gasteiger partial charge in [-0.25, -0.2) is 4.98 Å². The summed E-state index contributed by atoms with van der Waals surface area (Å²) in [5.41, 5.74) is 2.41. The van der Waals surface area contributed by atoms with Crippen LogP contribution in [0.4, 0.5) is 5.69 Å². The number of aryl methyl sites for hydroxylation is 1. The Hall–Kier alpha value is -3.04. The number of aromatic amines is 1. The minimum Gasteiger partial charge on any atom is -0.387 e. The summed E-state index contributed by atoms with van der Waals surface area (Å²) < 4.78 is 0. The van der Waals surface area contributed by atoms with Crippen molar-refractivity contribution in [3.8, 4) is 11.3 Å². The maximum Gasteiger partial charge on any atom is 0.269 e. The summed E-state index contributed by atoms with van der Waals surface area (Å²) in [6, 6.07) is 7.25. The van der Waals surface area contributed by atoms with E-state index in [2.05, 4.69) is 15.3 Å². The van der Waals surface area contributed by atoms with Crippen molar-refractivity contribution >= 4 is 22.9 Å². The molecule has 2 aromatic heterocycles. The van der Waals surface area contributed by atoms with Gasteiger partial charge >= 0.3 is 0 Å². The lowest BCUT2D eigenvalue weighted by Gasteiger charge is -2.11. The SMILES string of the molecule is Cc1nc(-c2c[nH]c(C(=O)NC[C@H](O)c3ccc([N+](=O)[O-])cc3)c2)cs1. The molecule has 0 aliphatic heterocycles. The van der Waals surface area contributed by atoms with Gasteiger partial charge in [0.2, 0.25) is 0 Å². The van der Waals surface area contributed by atoms with Gasteiger partial charge in [0.25, 0.3) is 11.6 Å². The van der Waals surface area contributed by atoms with E-state index in [1.54, 1.807) is 12.3 Å². The number of hydrogen-bond donors (Lipinski definition) is 3. The molecule has 134 valence electrons. The largest absolute Gasteiger partial charge is 0.387 e. The average molecular weight is 372 g/mol. The first-order chi connectivity index (χ1) is 12.4. The Labute approximate surface area is 152 Å². The molecule has 3 rings (SSSR count). The molecule has 8 nitrogen and oxygen atoms in total. The number of aliphatic hydroxyl groups excluding tert-OH is 1. The molecule has 3 N–H and O–H groups in total. The number of carbonyl (C=O) groups is 1. The average Bonchev–Trinajstić information content (AvgIpc) is 3.28. The van der Waals surface area contributed by atoms with Gasteiger partial charge in [-0.2, -0.15) is 0 Å². The quantitative estimate of drug-likeness (QED) is 0.454. The van der Waals surface area contributed by atoms with Crippen LogP contribution in [-0.2, 0) is 0 Å². The fourth-order valence-corrected chi connectivity index (χ4v) is 3.01. The Morgan fingerprint density at radius 2 is 2.15 bits per heavy atom. The molecule has 0 aliphatic carbocycles. The number of carbonyl (C=O) groups excluding carboxylic acids is 1. The summed E-state index contributed by atoms with van der Waals surface area (Å²) in [6.07, 6.45) is 0.742. The number of nitrogens with zero attached hydrogens (tertiary/aromatic N) is 2. The van der Waals surface area contributed by atoms with Crippen LogP contribution in [0, 0.1) is 17.0 Å². The van der Waals surface area contributed by atoms with Crippen molar-refractivity contribution in [2.24, 2.45) is 0 Å². The van der Waals surface area contributed by atoms with Crippen LogP contribution in [0.5, 0.6) is 0 Å². The van der Waals surface area contributed by atoms with Crippen molar-refractivity contribution in [1.29, 1.82) is 0 Å². The van der Waals surface area contributed by atoms with Crippen LogP contribution in [0.15, 0.2) is 41.9 Å². The molecule has 3 aromatic rings. The summed E-state index contributed by atoms with van der Waals surface area (Å²) in [7, 11) is 0. The maximum absolute atomic E-state index is 12.2. The highest BCUT2D eigenvalue weighted by Gasteiger charge is 2.14. The second-order valence-electron chi connectivity index (χ2n) is 5.63. The molecule has 0 saturated carbocycles. The number of thiazole rings is 1. The molecule has 0 aliphatic rings. The molecular weight excluding hydrogens is 356 g/mol. The van der Waals surface area contributed by atoms with E-state index in [4.69, 9.17) is 0 Å². The van der Waals surface area contributed by atoms with E-state index in [1.807, 2.05) is 12.3 Å². The number of aromatic nitrogens is 2. The number of rotatable bonds is 6. The molecular formula is C17H16N4O4S. The Balaban J connectivity index is 1.60. The lowest BCUT2D eigenvalue weighted by molar-refractivity contribution is -0.384. The predicted octanol–water partition coefficient (Wildman–Crippen LogP) is 2.82. The van der Waals surface area contributed by atoms with Gasteiger partial charge in [0.05, 0.1) is 21.7 Å². The molecule has 1 atom stereocenters. The van der Waals surface area contributed by atoms with Gasteiger partial charge in [0.1, 0.15) is 5.69 Å². The summed E-state index contributed by atoms with van der Waals surface area (Å²) in [6.45, 7) is 1.90. The number of hydrogen-bond acceptors (Lipinski definition) is 6. The summed E-state index contributed by atoms with van der Waals surface area (Å²) in [4.78, 5) is 29.6. The van der Waals surface area contributed by atoms with Crippen LogP contribution in [0.1, 0.15) is 27.2 Å². The number of nitrogens with one attached hydrogen (secondary N) is 2. The minimum atomic E-state index is -0.963. The Bertz CT molecular complexity index is 932. The lowest BCUT2D eigenvalue weighted by Crippen LogP contribution is -2.28. The second-order valence-corrected chi connectivity index (χ2v) is 6.69. The van der Waals surface area contributed by atoms with Crippen LogP contribution in [0.2, 0.25) is 0 Å². The molecule has 0 unspecified atom stereocenters. The zero-order valence-corrected chi connectivity index (χ0v) is 14.6. The zero-order chi connectivity index (χ0) is 18.7. The molecule has 26 heavy (non-hydrogen) atoms.